The first-order valence-electron chi connectivity index (χ1n) is 10.8. The van der Waals surface area contributed by atoms with E-state index in [1.165, 1.54) is 25.9 Å². The van der Waals surface area contributed by atoms with Crippen molar-refractivity contribution in [3.8, 4) is 11.4 Å². The summed E-state index contributed by atoms with van der Waals surface area (Å²) in [6.45, 7) is 0.259. The van der Waals surface area contributed by atoms with E-state index in [9.17, 15) is 22.0 Å². The van der Waals surface area contributed by atoms with Gasteiger partial charge in [0, 0.05) is 35.1 Å². The second-order valence-electron chi connectivity index (χ2n) is 8.39. The van der Waals surface area contributed by atoms with E-state index in [-0.39, 0.29) is 33.8 Å². The number of nitrogens with two attached hydrogens (primary N) is 1. The second kappa shape index (κ2) is 11.3. The molecule has 2 heterocycles. The van der Waals surface area contributed by atoms with Gasteiger partial charge in [-0.2, -0.15) is 13.2 Å². The van der Waals surface area contributed by atoms with Crippen LogP contribution >= 0.6 is 11.9 Å². The predicted octanol–water partition coefficient (Wildman–Crippen LogP) is 5.26. The van der Waals surface area contributed by atoms with E-state index in [1.807, 2.05) is 0 Å². The molecule has 0 bridgehead atoms. The average molecular weight is 541 g/mol. The molecule has 1 aromatic carbocycles. The van der Waals surface area contributed by atoms with Gasteiger partial charge < -0.3 is 26.1 Å². The number of benzene rings is 1. The Labute approximate surface area is 214 Å². The number of nitrogen functional groups attached to an aromatic ring is 1. The smallest absolute Gasteiger partial charge is 0.383 e. The fourth-order valence-electron chi connectivity index (χ4n) is 3.28. The minimum absolute atomic E-state index is 0.0156. The fraction of sp³-hybridized carbons (Fsp3) is 0.304. The quantitative estimate of drug-likeness (QED) is 0.157. The maximum absolute atomic E-state index is 14.2. The number of rotatable bonds is 10. The van der Waals surface area contributed by atoms with Crippen molar-refractivity contribution in [2.75, 3.05) is 43.0 Å². The number of alkyl halides is 5. The molecule has 3 aromatic rings. The molecule has 0 aliphatic carbocycles. The Morgan fingerprint density at radius 3 is 2.35 bits per heavy atom. The number of hydrogen-bond acceptors (Lipinski definition) is 9. The van der Waals surface area contributed by atoms with Gasteiger partial charge in [-0.3, -0.25) is 0 Å². The minimum atomic E-state index is -4.47. The predicted molar refractivity (Wildman–Crippen MR) is 135 cm³/mol. The summed E-state index contributed by atoms with van der Waals surface area (Å²) < 4.78 is 70.0. The van der Waals surface area contributed by atoms with Crippen molar-refractivity contribution >= 4 is 35.0 Å². The standard InChI is InChI=1S/C23H25F5N8S/c1-13(29)18-19(30)33-20(34-21(18)32-11-22(24,25)12-36(2)3)14-4-6-16(7-5-14)35-37-17-10-15(8-9-31-17)23(26,27)28/h4-10,29,35H,11-12H2,1-3H3,(H3,30,32,33,34). The number of anilines is 3. The molecular weight excluding hydrogens is 515 g/mol. The summed E-state index contributed by atoms with van der Waals surface area (Å²) in [5.41, 5.74) is 6.46. The summed E-state index contributed by atoms with van der Waals surface area (Å²) in [7, 11) is 3.07. The van der Waals surface area contributed by atoms with Gasteiger partial charge in [-0.15, -0.1) is 0 Å². The highest BCUT2D eigenvalue weighted by atomic mass is 32.2. The van der Waals surface area contributed by atoms with Gasteiger partial charge >= 0.3 is 6.18 Å². The van der Waals surface area contributed by atoms with Gasteiger partial charge in [0.1, 0.15) is 16.7 Å². The Morgan fingerprint density at radius 2 is 1.76 bits per heavy atom. The van der Waals surface area contributed by atoms with Gasteiger partial charge in [0.15, 0.2) is 5.82 Å². The van der Waals surface area contributed by atoms with E-state index >= 15 is 0 Å². The van der Waals surface area contributed by atoms with Crippen LogP contribution in [0.5, 0.6) is 0 Å². The van der Waals surface area contributed by atoms with Gasteiger partial charge in [0.05, 0.1) is 24.2 Å². The molecule has 0 unspecified atom stereocenters. The molecule has 0 amide bonds. The first-order chi connectivity index (χ1) is 17.2. The molecule has 2 aromatic heterocycles. The number of nitrogens with one attached hydrogen (secondary N) is 3. The van der Waals surface area contributed by atoms with Crippen LogP contribution in [-0.2, 0) is 6.18 Å². The summed E-state index contributed by atoms with van der Waals surface area (Å²) in [6, 6.07) is 8.39. The van der Waals surface area contributed by atoms with E-state index < -0.39 is 30.8 Å². The molecule has 0 spiro atoms. The Bertz CT molecular complexity index is 1250. The van der Waals surface area contributed by atoms with Crippen molar-refractivity contribution in [2.24, 2.45) is 0 Å². The molecule has 0 aliphatic rings. The van der Waals surface area contributed by atoms with Crippen LogP contribution in [-0.4, -0.2) is 58.7 Å². The Hall–Kier alpha value is -3.52. The summed E-state index contributed by atoms with van der Waals surface area (Å²) in [6.07, 6.45) is -3.39. The molecule has 0 atom stereocenters. The molecule has 5 N–H and O–H groups in total. The first-order valence-corrected chi connectivity index (χ1v) is 11.6. The maximum atomic E-state index is 14.2. The summed E-state index contributed by atoms with van der Waals surface area (Å²) in [5, 5.41) is 10.7. The zero-order chi connectivity index (χ0) is 27.4. The minimum Gasteiger partial charge on any atom is -0.383 e. The second-order valence-corrected chi connectivity index (χ2v) is 9.22. The van der Waals surface area contributed by atoms with Gasteiger partial charge in [0.25, 0.3) is 5.92 Å². The molecule has 3 rings (SSSR count). The average Bonchev–Trinajstić information content (AvgIpc) is 2.80. The lowest BCUT2D eigenvalue weighted by Gasteiger charge is -2.22. The lowest BCUT2D eigenvalue weighted by Crippen LogP contribution is -2.38. The highest BCUT2D eigenvalue weighted by Gasteiger charge is 2.31. The molecule has 0 radical (unpaired) electrons. The fourth-order valence-corrected chi connectivity index (χ4v) is 3.93. The lowest BCUT2D eigenvalue weighted by molar-refractivity contribution is -0.137. The van der Waals surface area contributed by atoms with Crippen molar-refractivity contribution in [1.82, 2.24) is 19.9 Å². The largest absolute Gasteiger partial charge is 0.416 e. The molecule has 0 aliphatic heterocycles. The highest BCUT2D eigenvalue weighted by molar-refractivity contribution is 8.00. The highest BCUT2D eigenvalue weighted by Crippen LogP contribution is 2.32. The molecule has 8 nitrogen and oxygen atoms in total. The molecular formula is C23H25F5N8S. The normalized spacial score (nSPS) is 12.0. The van der Waals surface area contributed by atoms with Crippen LogP contribution < -0.4 is 15.8 Å². The number of hydrogen-bond donors (Lipinski definition) is 4. The van der Waals surface area contributed by atoms with Crippen LogP contribution in [0.4, 0.5) is 39.3 Å². The SMILES string of the molecule is CC(=N)c1c(N)nc(-c2ccc(NSc3cc(C(F)(F)F)ccn3)cc2)nc1NCC(F)(F)CN(C)C. The van der Waals surface area contributed by atoms with Crippen molar-refractivity contribution in [1.29, 1.82) is 5.41 Å². The van der Waals surface area contributed by atoms with Crippen LogP contribution in [0.1, 0.15) is 18.1 Å². The van der Waals surface area contributed by atoms with Gasteiger partial charge in [0.2, 0.25) is 0 Å². The van der Waals surface area contributed by atoms with Crippen molar-refractivity contribution in [3.63, 3.8) is 0 Å². The van der Waals surface area contributed by atoms with Crippen LogP contribution in [0.15, 0.2) is 47.6 Å². The molecule has 37 heavy (non-hydrogen) atoms. The number of halogens is 5. The van der Waals surface area contributed by atoms with Gasteiger partial charge in [-0.25, -0.2) is 23.7 Å². The van der Waals surface area contributed by atoms with Crippen LogP contribution in [0, 0.1) is 5.41 Å². The Balaban J connectivity index is 1.78. The van der Waals surface area contributed by atoms with Crippen LogP contribution in [0.2, 0.25) is 0 Å². The van der Waals surface area contributed by atoms with Gasteiger partial charge in [-0.05, 0) is 57.4 Å². The zero-order valence-electron chi connectivity index (χ0n) is 20.1. The summed E-state index contributed by atoms with van der Waals surface area (Å²) in [5.74, 6) is -2.93. The van der Waals surface area contributed by atoms with E-state index in [2.05, 4.69) is 25.0 Å². The van der Waals surface area contributed by atoms with Crippen molar-refractivity contribution in [3.05, 3.63) is 53.7 Å². The first kappa shape index (κ1) is 28.1. The summed E-state index contributed by atoms with van der Waals surface area (Å²) >= 11 is 0.908. The monoisotopic (exact) mass is 540 g/mol. The third-order valence-electron chi connectivity index (χ3n) is 4.85. The van der Waals surface area contributed by atoms with Crippen molar-refractivity contribution in [2.45, 2.75) is 24.0 Å². The lowest BCUT2D eigenvalue weighted by atomic mass is 10.1. The van der Waals surface area contributed by atoms with E-state index in [0.717, 1.165) is 30.3 Å². The Kier molecular flexibility index (Phi) is 8.53. The topological polar surface area (TPSA) is 116 Å². The molecule has 0 fully saturated rings. The molecule has 14 heteroatoms. The number of nitrogens with zero attached hydrogens (tertiary/aromatic N) is 4. The van der Waals surface area contributed by atoms with Crippen molar-refractivity contribution < 1.29 is 22.0 Å². The Morgan fingerprint density at radius 1 is 1.08 bits per heavy atom. The summed E-state index contributed by atoms with van der Waals surface area (Å²) in [4.78, 5) is 13.8. The molecule has 198 valence electrons. The molecule has 0 saturated carbocycles. The third kappa shape index (κ3) is 7.73. The van der Waals surface area contributed by atoms with E-state index in [0.29, 0.717) is 11.3 Å². The van der Waals surface area contributed by atoms with E-state index in [4.69, 9.17) is 11.1 Å². The van der Waals surface area contributed by atoms with E-state index in [1.54, 1.807) is 24.3 Å². The maximum Gasteiger partial charge on any atom is 0.416 e. The number of aromatic nitrogens is 3. The van der Waals surface area contributed by atoms with Crippen LogP contribution in [0.25, 0.3) is 11.4 Å². The van der Waals surface area contributed by atoms with Gasteiger partial charge in [-0.1, -0.05) is 0 Å². The number of pyridine rings is 1. The van der Waals surface area contributed by atoms with Crippen LogP contribution in [0.3, 0.4) is 0 Å². The zero-order valence-corrected chi connectivity index (χ0v) is 20.9. The third-order valence-corrected chi connectivity index (χ3v) is 5.62. The molecule has 0 saturated heterocycles.